The van der Waals surface area contributed by atoms with Gasteiger partial charge in [-0.05, 0) is 49.6 Å². The standard InChI is InChI=1S/C16H18N2O5S/c1-10-5-6-13(18(19)20)9-14(10)17-24(21,22)16-8-7-15(23-4)11(2)12(16)3/h5-9,17H,1-4H3. The molecule has 0 bridgehead atoms. The van der Waals surface area contributed by atoms with Crippen molar-refractivity contribution in [2.75, 3.05) is 11.8 Å². The van der Waals surface area contributed by atoms with Gasteiger partial charge in [-0.1, -0.05) is 6.07 Å². The van der Waals surface area contributed by atoms with Gasteiger partial charge in [0.05, 0.1) is 22.6 Å². The van der Waals surface area contributed by atoms with Crippen molar-refractivity contribution in [2.24, 2.45) is 0 Å². The minimum absolute atomic E-state index is 0.103. The third-order valence-corrected chi connectivity index (χ3v) is 5.38. The number of methoxy groups -OCH3 is 1. The summed E-state index contributed by atoms with van der Waals surface area (Å²) in [7, 11) is -2.37. The lowest BCUT2D eigenvalue weighted by Crippen LogP contribution is -2.16. The van der Waals surface area contributed by atoms with Crippen molar-refractivity contribution in [2.45, 2.75) is 25.7 Å². The summed E-state index contributed by atoms with van der Waals surface area (Å²) >= 11 is 0. The third kappa shape index (κ3) is 3.33. The van der Waals surface area contributed by atoms with Gasteiger partial charge in [-0.25, -0.2) is 8.42 Å². The van der Waals surface area contributed by atoms with Crippen LogP contribution in [0.25, 0.3) is 0 Å². The maximum atomic E-state index is 12.7. The fraction of sp³-hybridized carbons (Fsp3) is 0.250. The second-order valence-electron chi connectivity index (χ2n) is 5.38. The summed E-state index contributed by atoms with van der Waals surface area (Å²) in [6, 6.07) is 7.07. The maximum Gasteiger partial charge on any atom is 0.271 e. The first-order valence-electron chi connectivity index (χ1n) is 7.09. The van der Waals surface area contributed by atoms with Gasteiger partial charge in [-0.3, -0.25) is 14.8 Å². The predicted molar refractivity (Wildman–Crippen MR) is 91.1 cm³/mol. The fourth-order valence-electron chi connectivity index (χ4n) is 2.32. The van der Waals surface area contributed by atoms with Gasteiger partial charge in [-0.2, -0.15) is 0 Å². The molecule has 1 N–H and O–H groups in total. The van der Waals surface area contributed by atoms with E-state index in [1.54, 1.807) is 26.8 Å². The second-order valence-corrected chi connectivity index (χ2v) is 7.03. The highest BCUT2D eigenvalue weighted by molar-refractivity contribution is 7.92. The summed E-state index contributed by atoms with van der Waals surface area (Å²) in [5.74, 6) is 0.595. The Bertz CT molecular complexity index is 907. The van der Waals surface area contributed by atoms with Crippen LogP contribution in [-0.4, -0.2) is 20.5 Å². The Hall–Kier alpha value is -2.61. The first-order chi connectivity index (χ1) is 11.2. The maximum absolute atomic E-state index is 12.7. The Morgan fingerprint density at radius 3 is 2.33 bits per heavy atom. The molecule has 0 saturated heterocycles. The lowest BCUT2D eigenvalue weighted by atomic mass is 10.1. The topological polar surface area (TPSA) is 98.5 Å². The molecule has 2 rings (SSSR count). The zero-order chi connectivity index (χ0) is 18.1. The lowest BCUT2D eigenvalue weighted by molar-refractivity contribution is -0.384. The number of aryl methyl sites for hydroxylation is 1. The molecule has 128 valence electrons. The number of hydrogen-bond acceptors (Lipinski definition) is 5. The van der Waals surface area contributed by atoms with Gasteiger partial charge in [0.15, 0.2) is 0 Å². The van der Waals surface area contributed by atoms with Gasteiger partial charge in [0, 0.05) is 12.1 Å². The average molecular weight is 350 g/mol. The average Bonchev–Trinajstić information content (AvgIpc) is 2.51. The Kier molecular flexibility index (Phi) is 4.79. The van der Waals surface area contributed by atoms with Gasteiger partial charge < -0.3 is 4.74 Å². The second kappa shape index (κ2) is 6.48. The van der Waals surface area contributed by atoms with E-state index in [1.807, 2.05) is 0 Å². The fourth-order valence-corrected chi connectivity index (χ4v) is 3.74. The number of nitro groups is 1. The van der Waals surface area contributed by atoms with Crippen LogP contribution in [0.3, 0.4) is 0 Å². The first kappa shape index (κ1) is 17.7. The van der Waals surface area contributed by atoms with E-state index in [-0.39, 0.29) is 16.3 Å². The summed E-state index contributed by atoms with van der Waals surface area (Å²) in [4.78, 5) is 10.4. The third-order valence-electron chi connectivity index (χ3n) is 3.87. The number of benzene rings is 2. The van der Waals surface area contributed by atoms with Gasteiger partial charge in [0.25, 0.3) is 15.7 Å². The van der Waals surface area contributed by atoms with Crippen molar-refractivity contribution in [3.63, 3.8) is 0 Å². The number of nitrogens with one attached hydrogen (secondary N) is 1. The largest absolute Gasteiger partial charge is 0.496 e. The predicted octanol–water partition coefficient (Wildman–Crippen LogP) is 3.33. The summed E-state index contributed by atoms with van der Waals surface area (Å²) in [5, 5.41) is 10.9. The molecule has 0 aliphatic carbocycles. The molecule has 0 unspecified atom stereocenters. The molecule has 0 aliphatic rings. The quantitative estimate of drug-likeness (QED) is 0.659. The van der Waals surface area contributed by atoms with Crippen LogP contribution < -0.4 is 9.46 Å². The highest BCUT2D eigenvalue weighted by Gasteiger charge is 2.21. The highest BCUT2D eigenvalue weighted by Crippen LogP contribution is 2.29. The van der Waals surface area contributed by atoms with E-state index in [2.05, 4.69) is 4.72 Å². The van der Waals surface area contributed by atoms with E-state index < -0.39 is 14.9 Å². The van der Waals surface area contributed by atoms with Crippen LogP contribution in [0.2, 0.25) is 0 Å². The Labute approximate surface area is 140 Å². The number of nitro benzene ring substituents is 1. The smallest absolute Gasteiger partial charge is 0.271 e. The molecule has 0 atom stereocenters. The lowest BCUT2D eigenvalue weighted by Gasteiger charge is -2.15. The van der Waals surface area contributed by atoms with Crippen molar-refractivity contribution >= 4 is 21.4 Å². The number of rotatable bonds is 5. The van der Waals surface area contributed by atoms with Crippen LogP contribution in [0.4, 0.5) is 11.4 Å². The van der Waals surface area contributed by atoms with Gasteiger partial charge >= 0.3 is 0 Å². The van der Waals surface area contributed by atoms with E-state index in [0.717, 1.165) is 5.56 Å². The van der Waals surface area contributed by atoms with E-state index in [4.69, 9.17) is 4.74 Å². The van der Waals surface area contributed by atoms with Gasteiger partial charge in [0.1, 0.15) is 5.75 Å². The molecule has 0 aromatic heterocycles. The number of anilines is 1. The van der Waals surface area contributed by atoms with Crippen LogP contribution in [0.15, 0.2) is 35.2 Å². The van der Waals surface area contributed by atoms with E-state index in [9.17, 15) is 18.5 Å². The van der Waals surface area contributed by atoms with E-state index in [0.29, 0.717) is 16.9 Å². The van der Waals surface area contributed by atoms with Crippen molar-refractivity contribution in [3.05, 3.63) is 57.1 Å². The summed E-state index contributed by atoms with van der Waals surface area (Å²) in [6.07, 6.45) is 0. The summed E-state index contributed by atoms with van der Waals surface area (Å²) < 4.78 is 33.0. The molecular formula is C16H18N2O5S. The Balaban J connectivity index is 2.48. The van der Waals surface area contributed by atoms with Gasteiger partial charge in [-0.15, -0.1) is 0 Å². The van der Waals surface area contributed by atoms with Crippen molar-refractivity contribution < 1.29 is 18.1 Å². The van der Waals surface area contributed by atoms with Crippen LogP contribution in [0, 0.1) is 30.9 Å². The molecule has 2 aromatic rings. The molecule has 0 spiro atoms. The normalized spacial score (nSPS) is 11.2. The van der Waals surface area contributed by atoms with Crippen LogP contribution in [0.1, 0.15) is 16.7 Å². The van der Waals surface area contributed by atoms with Crippen LogP contribution >= 0.6 is 0 Å². The molecule has 2 aromatic carbocycles. The van der Waals surface area contributed by atoms with E-state index >= 15 is 0 Å². The minimum atomic E-state index is -3.88. The van der Waals surface area contributed by atoms with Crippen molar-refractivity contribution in [1.82, 2.24) is 0 Å². The molecular weight excluding hydrogens is 332 g/mol. The van der Waals surface area contributed by atoms with Crippen molar-refractivity contribution in [3.8, 4) is 5.75 Å². The Morgan fingerprint density at radius 2 is 1.75 bits per heavy atom. The molecule has 0 radical (unpaired) electrons. The summed E-state index contributed by atoms with van der Waals surface area (Å²) in [5.41, 5.74) is 1.87. The molecule has 8 heteroatoms. The molecule has 0 fully saturated rings. The molecule has 0 heterocycles. The van der Waals surface area contributed by atoms with Crippen molar-refractivity contribution in [1.29, 1.82) is 0 Å². The SMILES string of the molecule is COc1ccc(S(=O)(=O)Nc2cc([N+](=O)[O-])ccc2C)c(C)c1C. The highest BCUT2D eigenvalue weighted by atomic mass is 32.2. The number of non-ortho nitro benzene ring substituents is 1. The van der Waals surface area contributed by atoms with Crippen LogP contribution in [0.5, 0.6) is 5.75 Å². The monoisotopic (exact) mass is 350 g/mol. The number of sulfonamides is 1. The molecule has 24 heavy (non-hydrogen) atoms. The zero-order valence-electron chi connectivity index (χ0n) is 13.8. The van der Waals surface area contributed by atoms with Gasteiger partial charge in [0.2, 0.25) is 0 Å². The number of nitrogens with zero attached hydrogens (tertiary/aromatic N) is 1. The minimum Gasteiger partial charge on any atom is -0.496 e. The zero-order valence-corrected chi connectivity index (χ0v) is 14.6. The van der Waals surface area contributed by atoms with E-state index in [1.165, 1.54) is 31.4 Å². The molecule has 0 amide bonds. The summed E-state index contributed by atoms with van der Waals surface area (Å²) in [6.45, 7) is 5.13. The number of ether oxygens (including phenoxy) is 1. The molecule has 0 aliphatic heterocycles. The first-order valence-corrected chi connectivity index (χ1v) is 8.57. The molecule has 7 nitrogen and oxygen atoms in total. The Morgan fingerprint density at radius 1 is 1.08 bits per heavy atom. The number of hydrogen-bond donors (Lipinski definition) is 1. The molecule has 0 saturated carbocycles. The van der Waals surface area contributed by atoms with Crippen LogP contribution in [-0.2, 0) is 10.0 Å².